The summed E-state index contributed by atoms with van der Waals surface area (Å²) in [6, 6.07) is 0. The van der Waals surface area contributed by atoms with E-state index in [9.17, 15) is 0 Å². The van der Waals surface area contributed by atoms with Crippen LogP contribution in [0.2, 0.25) is 6.32 Å². The maximum Gasteiger partial charge on any atom is 0.287 e. The van der Waals surface area contributed by atoms with Crippen molar-refractivity contribution in [3.63, 3.8) is 0 Å². The smallest absolute Gasteiger partial charge is 0.287 e. The fourth-order valence-corrected chi connectivity index (χ4v) is 1.32. The molecule has 54 valence electrons. The van der Waals surface area contributed by atoms with Crippen LogP contribution in [0.25, 0.3) is 0 Å². The van der Waals surface area contributed by atoms with E-state index in [1.165, 1.54) is 40.2 Å². The molecule has 1 aliphatic heterocycles. The van der Waals surface area contributed by atoms with Crippen molar-refractivity contribution in [1.29, 1.82) is 0 Å². The lowest BCUT2D eigenvalue weighted by Gasteiger charge is -2.25. The van der Waals surface area contributed by atoms with Crippen molar-refractivity contribution in [2.75, 3.05) is 19.3 Å². The van der Waals surface area contributed by atoms with Gasteiger partial charge in [-0.1, -0.05) is 13.2 Å². The van der Waals surface area contributed by atoms with Crippen molar-refractivity contribution in [2.24, 2.45) is 0 Å². The van der Waals surface area contributed by atoms with E-state index < -0.39 is 0 Å². The minimum Gasteiger partial charge on any atom is -0.352 e. The summed E-state index contributed by atoms with van der Waals surface area (Å²) in [7, 11) is 3.78. The Morgan fingerprint density at radius 2 is 2.60 bits per heavy atom. The highest BCUT2D eigenvalue weighted by Gasteiger charge is 2.10. The predicted octanol–water partition coefficient (Wildman–Crippen LogP) is -1.66. The molecule has 0 spiro atoms. The standard InChI is InChI=1S/C5H15B3N2/c1-2-6-4-10-5-7-3-9-8-10/h6-9H,2-5H2,1H3. The molecule has 1 aliphatic rings. The summed E-state index contributed by atoms with van der Waals surface area (Å²) in [4.78, 5) is 2.49. The fraction of sp³-hybridized carbons (Fsp3) is 1.00. The fourth-order valence-electron chi connectivity index (χ4n) is 1.32. The molecule has 0 aromatic heterocycles. The van der Waals surface area contributed by atoms with Gasteiger partial charge in [0.25, 0.3) is 7.55 Å². The molecule has 0 saturated carbocycles. The van der Waals surface area contributed by atoms with Gasteiger partial charge in [0.1, 0.15) is 7.28 Å². The van der Waals surface area contributed by atoms with Crippen LogP contribution >= 0.6 is 0 Å². The SMILES string of the molecule is CCBCN1BNCBC1. The highest BCUT2D eigenvalue weighted by Crippen LogP contribution is 1.86. The monoisotopic (exact) mass is 136 g/mol. The second-order valence-corrected chi connectivity index (χ2v) is 2.98. The molecule has 0 amide bonds. The quantitative estimate of drug-likeness (QED) is 0.467. The third-order valence-corrected chi connectivity index (χ3v) is 1.99. The Kier molecular flexibility index (Phi) is 3.99. The lowest BCUT2D eigenvalue weighted by atomic mass is 9.67. The normalized spacial score (nSPS) is 19.3. The van der Waals surface area contributed by atoms with Crippen LogP contribution in [0, 0.1) is 0 Å². The first-order valence-corrected chi connectivity index (χ1v) is 4.36. The number of hydrogen-bond acceptors (Lipinski definition) is 2. The van der Waals surface area contributed by atoms with Gasteiger partial charge in [0.2, 0.25) is 0 Å². The van der Waals surface area contributed by atoms with Crippen LogP contribution in [-0.2, 0) is 0 Å². The van der Waals surface area contributed by atoms with Crippen molar-refractivity contribution in [3.8, 4) is 0 Å². The Morgan fingerprint density at radius 3 is 3.20 bits per heavy atom. The molecule has 0 unspecified atom stereocenters. The molecule has 0 radical (unpaired) electrons. The third-order valence-electron chi connectivity index (χ3n) is 1.99. The van der Waals surface area contributed by atoms with Crippen molar-refractivity contribution >= 4 is 22.1 Å². The van der Waals surface area contributed by atoms with Crippen LogP contribution in [0.3, 0.4) is 0 Å². The zero-order valence-electron chi connectivity index (χ0n) is 6.90. The van der Waals surface area contributed by atoms with Crippen LogP contribution in [0.5, 0.6) is 0 Å². The first-order valence-electron chi connectivity index (χ1n) is 4.36. The van der Waals surface area contributed by atoms with Crippen LogP contribution in [-0.4, -0.2) is 46.3 Å². The zero-order chi connectivity index (χ0) is 7.23. The Morgan fingerprint density at radius 1 is 1.70 bits per heavy atom. The van der Waals surface area contributed by atoms with E-state index in [-0.39, 0.29) is 0 Å². The summed E-state index contributed by atoms with van der Waals surface area (Å²) in [5.41, 5.74) is 0. The molecule has 0 aliphatic carbocycles. The van der Waals surface area contributed by atoms with Gasteiger partial charge in [-0.3, -0.25) is 0 Å². The van der Waals surface area contributed by atoms with E-state index in [1.54, 1.807) is 0 Å². The minimum atomic E-state index is 1.11. The molecule has 1 fully saturated rings. The van der Waals surface area contributed by atoms with Gasteiger partial charge in [0, 0.05) is 0 Å². The van der Waals surface area contributed by atoms with Crippen LogP contribution in [0.15, 0.2) is 0 Å². The van der Waals surface area contributed by atoms with E-state index in [4.69, 9.17) is 0 Å². The van der Waals surface area contributed by atoms with Gasteiger partial charge in [-0.2, -0.15) is 0 Å². The Hall–Kier alpha value is 0.115. The van der Waals surface area contributed by atoms with Gasteiger partial charge in [-0.15, -0.1) is 0 Å². The summed E-state index contributed by atoms with van der Waals surface area (Å²) in [6.45, 7) is 2.25. The van der Waals surface area contributed by atoms with Crippen LogP contribution < -0.4 is 5.23 Å². The maximum absolute atomic E-state index is 3.37. The third kappa shape index (κ3) is 2.80. The summed E-state index contributed by atoms with van der Waals surface area (Å²) in [5, 5.41) is 3.37. The Labute approximate surface area is 65.5 Å². The second kappa shape index (κ2) is 4.86. The van der Waals surface area contributed by atoms with Gasteiger partial charge in [-0.05, 0) is 19.3 Å². The Balaban J connectivity index is 2.02. The molecule has 0 aromatic rings. The number of nitrogens with zero attached hydrogens (tertiary/aromatic N) is 1. The Bertz CT molecular complexity index is 85.0. The molecule has 1 N–H and O–H groups in total. The summed E-state index contributed by atoms with van der Waals surface area (Å²) in [5.74, 6) is 0. The molecule has 10 heavy (non-hydrogen) atoms. The lowest BCUT2D eigenvalue weighted by Crippen LogP contribution is -2.50. The van der Waals surface area contributed by atoms with Gasteiger partial charge >= 0.3 is 0 Å². The summed E-state index contributed by atoms with van der Waals surface area (Å²) < 4.78 is 0. The zero-order valence-corrected chi connectivity index (χ0v) is 6.90. The predicted molar refractivity (Wildman–Crippen MR) is 51.5 cm³/mol. The van der Waals surface area contributed by atoms with E-state index in [0.717, 1.165) is 7.55 Å². The number of rotatable bonds is 3. The van der Waals surface area contributed by atoms with Crippen LogP contribution in [0.1, 0.15) is 6.92 Å². The van der Waals surface area contributed by atoms with Crippen molar-refractivity contribution < 1.29 is 0 Å². The van der Waals surface area contributed by atoms with E-state index >= 15 is 0 Å². The molecular weight excluding hydrogens is 121 g/mol. The van der Waals surface area contributed by atoms with Gasteiger partial charge in [0.15, 0.2) is 7.28 Å². The second-order valence-electron chi connectivity index (χ2n) is 2.98. The molecular formula is C5H15B3N2. The van der Waals surface area contributed by atoms with Gasteiger partial charge < -0.3 is 10.0 Å². The van der Waals surface area contributed by atoms with E-state index in [0.29, 0.717) is 0 Å². The largest absolute Gasteiger partial charge is 0.352 e. The highest BCUT2D eigenvalue weighted by atomic mass is 15.1. The first-order chi connectivity index (χ1) is 4.93. The number of hydrogen-bond donors (Lipinski definition) is 1. The lowest BCUT2D eigenvalue weighted by molar-refractivity contribution is 0.568. The molecule has 1 rings (SSSR count). The molecule has 0 bridgehead atoms. The average molecular weight is 136 g/mol. The van der Waals surface area contributed by atoms with E-state index in [1.807, 2.05) is 0 Å². The van der Waals surface area contributed by atoms with E-state index in [2.05, 4.69) is 17.0 Å². The molecule has 0 atom stereocenters. The molecule has 2 nitrogen and oxygen atoms in total. The molecule has 1 heterocycles. The van der Waals surface area contributed by atoms with Gasteiger partial charge in [0.05, 0.1) is 0 Å². The maximum atomic E-state index is 3.37. The topological polar surface area (TPSA) is 15.3 Å². The van der Waals surface area contributed by atoms with Crippen molar-refractivity contribution in [2.45, 2.75) is 13.2 Å². The summed E-state index contributed by atoms with van der Waals surface area (Å²) >= 11 is 0. The minimum absolute atomic E-state index is 1.11. The van der Waals surface area contributed by atoms with Crippen molar-refractivity contribution in [3.05, 3.63) is 0 Å². The number of nitrogens with one attached hydrogen (secondary N) is 1. The average Bonchev–Trinajstić information content (AvgIpc) is 2.03. The van der Waals surface area contributed by atoms with Crippen molar-refractivity contribution in [1.82, 2.24) is 10.0 Å². The van der Waals surface area contributed by atoms with Crippen LogP contribution in [0.4, 0.5) is 0 Å². The summed E-state index contributed by atoms with van der Waals surface area (Å²) in [6.07, 6.45) is 5.11. The van der Waals surface area contributed by atoms with Gasteiger partial charge in [-0.25, -0.2) is 0 Å². The molecule has 5 heteroatoms. The molecule has 0 aromatic carbocycles. The first kappa shape index (κ1) is 8.21. The highest BCUT2D eigenvalue weighted by molar-refractivity contribution is 6.46. The molecule has 1 saturated heterocycles.